The maximum atomic E-state index is 15.7. The summed E-state index contributed by atoms with van der Waals surface area (Å²) in [7, 11) is 8.76. The van der Waals surface area contributed by atoms with Gasteiger partial charge in [-0.2, -0.15) is 26.3 Å². The molecule has 1 aromatic rings. The standard InChI is InChI=1S/C70H103ClF6N12O13/c1-10-43(2)58-65(99)83(5)41-56(92)81(3)42-57(93)84(6)51(37-44-20-13-11-14-21-44)63(97)82(4)40-54(90)78-49(28-26-45-25-27-47(48(71)36-45)70(75,76)77)62(96)89-31-19-24-50(89)61(95)80-68(29-17-18-30-68)67(101)87(9)59(46-22-15-12-16-23-46)66(100)86(8)52(64(98)88-32-34-102-35-33-88)38-55(91)85(7)53(60(94)79-58)39-69(72,73)74/h25,27,36,43-44,46,49-53,58-59H,10-24,26,28-35,37-42H2,1-9H3,(H,78,90)(H,79,94)(H,80,95)/t43-,49-,50?,51-,52-,53-,58-,59-/m0/s1. The van der Waals surface area contributed by atoms with Gasteiger partial charge >= 0.3 is 12.4 Å². The molecule has 3 heterocycles. The molecule has 1 aromatic carbocycles. The lowest BCUT2D eigenvalue weighted by atomic mass is 9.81. The van der Waals surface area contributed by atoms with Crippen LogP contribution in [0.4, 0.5) is 26.3 Å². The third kappa shape index (κ3) is 20.8. The largest absolute Gasteiger partial charge is 0.417 e. The topological polar surface area (TPSA) is 279 Å². The fourth-order valence-corrected chi connectivity index (χ4v) is 15.6. The number of carbonyl (C=O) groups is 12. The molecule has 0 aromatic heterocycles. The van der Waals surface area contributed by atoms with Crippen LogP contribution in [0.3, 0.4) is 0 Å². The molecular formula is C70H103ClF6N12O13. The second-order valence-corrected chi connectivity index (χ2v) is 29.3. The summed E-state index contributed by atoms with van der Waals surface area (Å²) < 4.78 is 91.5. The van der Waals surface area contributed by atoms with Crippen molar-refractivity contribution in [1.82, 2.24) is 60.0 Å². The molecule has 570 valence electrons. The van der Waals surface area contributed by atoms with E-state index in [1.165, 1.54) is 74.9 Å². The van der Waals surface area contributed by atoms with Crippen LogP contribution in [0.25, 0.3) is 0 Å². The third-order valence-corrected chi connectivity index (χ3v) is 22.0. The van der Waals surface area contributed by atoms with Gasteiger partial charge < -0.3 is 64.8 Å². The molecule has 32 heteroatoms. The monoisotopic (exact) mass is 1470 g/mol. The summed E-state index contributed by atoms with van der Waals surface area (Å²) in [6.07, 6.45) is -4.41. The lowest BCUT2D eigenvalue weighted by Crippen LogP contribution is -2.65. The number of aryl methyl sites for hydroxylation is 1. The summed E-state index contributed by atoms with van der Waals surface area (Å²) in [6, 6.07) is -7.91. The van der Waals surface area contributed by atoms with Crippen LogP contribution in [0, 0.1) is 17.8 Å². The quantitative estimate of drug-likeness (QED) is 0.255. The number of rotatable bonds is 10. The Balaban J connectivity index is 1.30. The maximum absolute atomic E-state index is 15.7. The molecular weight excluding hydrogens is 1370 g/mol. The Morgan fingerprint density at radius 2 is 1.24 bits per heavy atom. The van der Waals surface area contributed by atoms with Crippen molar-refractivity contribution in [2.24, 2.45) is 17.8 Å². The lowest BCUT2D eigenvalue weighted by Gasteiger charge is -2.43. The van der Waals surface area contributed by atoms with Gasteiger partial charge in [0.2, 0.25) is 70.9 Å². The molecule has 6 fully saturated rings. The van der Waals surface area contributed by atoms with E-state index >= 15 is 19.2 Å². The van der Waals surface area contributed by atoms with Gasteiger partial charge in [-0.1, -0.05) is 102 Å². The molecule has 3 aliphatic carbocycles. The van der Waals surface area contributed by atoms with E-state index in [-0.39, 0.29) is 95.7 Å². The van der Waals surface area contributed by atoms with Crippen LogP contribution in [0.2, 0.25) is 5.02 Å². The van der Waals surface area contributed by atoms with Gasteiger partial charge in [-0.15, -0.1) is 0 Å². The number of nitrogens with zero attached hydrogens (tertiary/aromatic N) is 9. The summed E-state index contributed by atoms with van der Waals surface area (Å²) >= 11 is 6.14. The second-order valence-electron chi connectivity index (χ2n) is 28.9. The minimum Gasteiger partial charge on any atom is -0.378 e. The van der Waals surface area contributed by atoms with Crippen LogP contribution < -0.4 is 16.0 Å². The van der Waals surface area contributed by atoms with E-state index < -0.39 is 186 Å². The molecule has 3 N–H and O–H groups in total. The van der Waals surface area contributed by atoms with Crippen molar-refractivity contribution in [2.45, 2.75) is 215 Å². The number of fused-ring (bicyclic) bond motifs is 1. The van der Waals surface area contributed by atoms with Crippen LogP contribution >= 0.6 is 11.6 Å². The molecule has 7 rings (SSSR count). The molecule has 12 amide bonds. The molecule has 1 spiro atoms. The molecule has 0 bridgehead atoms. The number of ether oxygens (including phenoxy) is 1. The summed E-state index contributed by atoms with van der Waals surface area (Å²) in [5.41, 5.74) is -2.51. The number of benzene rings is 1. The Hall–Kier alpha value is -7.31. The van der Waals surface area contributed by atoms with Crippen molar-refractivity contribution >= 4 is 82.5 Å². The average molecular weight is 1470 g/mol. The van der Waals surface area contributed by atoms with Gasteiger partial charge in [0.15, 0.2) is 0 Å². The first-order valence-electron chi connectivity index (χ1n) is 35.8. The number of hydrogen-bond donors (Lipinski definition) is 3. The van der Waals surface area contributed by atoms with Crippen LogP contribution in [0.1, 0.15) is 160 Å². The number of carbonyl (C=O) groups excluding carboxylic acids is 12. The summed E-state index contributed by atoms with van der Waals surface area (Å²) in [6.45, 7) is 1.27. The molecule has 0 radical (unpaired) electrons. The van der Waals surface area contributed by atoms with E-state index in [4.69, 9.17) is 16.3 Å². The SMILES string of the molecule is CC[C@H](C)[C@@H]1NC(=O)[C@H](CC(F)(F)F)N(C)C(=O)C[C@@H](C(=O)N2CCOCC2)N(C)C(=O)[C@H](C2CCCCC2)N(C)C(=O)C2(CCCC2)NC(=O)C2CCCN2C(=O)[C@H](CCc2ccc(C(F)(F)F)c(Cl)c2)NC(=O)CN(C)C(=O)[C@H](CC2CCCCC2)N(C)C(=O)CN(C)C(=O)CN(C)C1=O. The van der Waals surface area contributed by atoms with Crippen LogP contribution in [-0.2, 0) is 74.9 Å². The van der Waals surface area contributed by atoms with Crippen molar-refractivity contribution in [1.29, 1.82) is 0 Å². The lowest BCUT2D eigenvalue weighted by molar-refractivity contribution is -0.164. The van der Waals surface area contributed by atoms with Gasteiger partial charge in [-0.05, 0) is 93.2 Å². The Morgan fingerprint density at radius 3 is 1.83 bits per heavy atom. The van der Waals surface area contributed by atoms with Crippen LogP contribution in [-0.4, -0.2) is 271 Å². The van der Waals surface area contributed by atoms with Crippen molar-refractivity contribution in [2.75, 3.05) is 102 Å². The maximum Gasteiger partial charge on any atom is 0.417 e. The van der Waals surface area contributed by atoms with E-state index in [0.29, 0.717) is 43.4 Å². The summed E-state index contributed by atoms with van der Waals surface area (Å²) in [5, 5.41) is 7.54. The zero-order chi connectivity index (χ0) is 75.3. The summed E-state index contributed by atoms with van der Waals surface area (Å²) in [5.74, 6) is -11.7. The zero-order valence-electron chi connectivity index (χ0n) is 60.2. The first kappa shape index (κ1) is 82.0. The van der Waals surface area contributed by atoms with E-state index in [0.717, 1.165) is 77.3 Å². The molecule has 25 nitrogen and oxygen atoms in total. The Labute approximate surface area is 598 Å². The highest BCUT2D eigenvalue weighted by atomic mass is 35.5. The third-order valence-electron chi connectivity index (χ3n) is 21.7. The van der Waals surface area contributed by atoms with Gasteiger partial charge in [0.25, 0.3) is 0 Å². The molecule has 3 saturated heterocycles. The molecule has 102 heavy (non-hydrogen) atoms. The van der Waals surface area contributed by atoms with Gasteiger partial charge in [-0.25, -0.2) is 0 Å². The molecule has 6 aliphatic rings. The first-order chi connectivity index (χ1) is 48.0. The highest BCUT2D eigenvalue weighted by Crippen LogP contribution is 2.39. The van der Waals surface area contributed by atoms with Crippen molar-refractivity contribution in [3.05, 3.63) is 34.3 Å². The smallest absolute Gasteiger partial charge is 0.378 e. The van der Waals surface area contributed by atoms with Gasteiger partial charge in [0.05, 0.1) is 56.3 Å². The number of alkyl halides is 6. The molecule has 8 atom stereocenters. The number of likely N-dealkylation sites (N-methyl/N-ethyl adjacent to an activating group) is 7. The number of hydrogen-bond acceptors (Lipinski definition) is 13. The van der Waals surface area contributed by atoms with Crippen molar-refractivity contribution in [3.63, 3.8) is 0 Å². The molecule has 1 unspecified atom stereocenters. The first-order valence-corrected chi connectivity index (χ1v) is 36.2. The van der Waals surface area contributed by atoms with E-state index in [1.54, 1.807) is 6.92 Å². The fourth-order valence-electron chi connectivity index (χ4n) is 15.3. The zero-order valence-corrected chi connectivity index (χ0v) is 61.0. The minimum atomic E-state index is -5.11. The predicted molar refractivity (Wildman–Crippen MR) is 362 cm³/mol. The molecule has 3 saturated carbocycles. The minimum absolute atomic E-state index is 0.00187. The van der Waals surface area contributed by atoms with Gasteiger partial charge in [0.1, 0.15) is 47.8 Å². The van der Waals surface area contributed by atoms with Crippen molar-refractivity contribution < 1.29 is 88.6 Å². The van der Waals surface area contributed by atoms with Gasteiger partial charge in [-0.3, -0.25) is 57.5 Å². The summed E-state index contributed by atoms with van der Waals surface area (Å²) in [4.78, 5) is 188. The Kier molecular flexibility index (Phi) is 28.9. The van der Waals surface area contributed by atoms with Gasteiger partial charge in [0, 0.05) is 69.0 Å². The Morgan fingerprint density at radius 1 is 0.637 bits per heavy atom. The number of halogens is 7. The fraction of sp³-hybridized carbons (Fsp3) is 0.743. The number of amides is 12. The van der Waals surface area contributed by atoms with E-state index in [9.17, 15) is 64.7 Å². The van der Waals surface area contributed by atoms with Crippen molar-refractivity contribution in [3.8, 4) is 0 Å². The average Bonchev–Trinajstić information content (AvgIpc) is 1.34. The number of nitrogens with one attached hydrogen (secondary N) is 3. The van der Waals surface area contributed by atoms with Crippen LogP contribution in [0.15, 0.2) is 18.2 Å². The highest BCUT2D eigenvalue weighted by Gasteiger charge is 2.52. The predicted octanol–water partition coefficient (Wildman–Crippen LogP) is 5.18. The highest BCUT2D eigenvalue weighted by molar-refractivity contribution is 6.31. The normalized spacial score (nSPS) is 26.8. The number of morpholine rings is 1. The van der Waals surface area contributed by atoms with Crippen LogP contribution in [0.5, 0.6) is 0 Å². The van der Waals surface area contributed by atoms with E-state index in [1.807, 2.05) is 0 Å². The molecule has 3 aliphatic heterocycles. The second kappa shape index (κ2) is 35.9. The Bertz CT molecular complexity index is 3200. The van der Waals surface area contributed by atoms with E-state index in [2.05, 4.69) is 16.0 Å².